The number of hydrogen-bond acceptors (Lipinski definition) is 2. The Morgan fingerprint density at radius 1 is 1.05 bits per heavy atom. The molecule has 0 fully saturated rings. The summed E-state index contributed by atoms with van der Waals surface area (Å²) < 4.78 is 6.15. The van der Waals surface area contributed by atoms with Crippen molar-refractivity contribution in [2.75, 3.05) is 5.73 Å². The number of nitrogen functional groups attached to an aromatic ring is 1. The van der Waals surface area contributed by atoms with Gasteiger partial charge >= 0.3 is 0 Å². The van der Waals surface area contributed by atoms with E-state index in [4.69, 9.17) is 10.5 Å². The zero-order valence-electron chi connectivity index (χ0n) is 14.4. The highest BCUT2D eigenvalue weighted by atomic mass is 16.5. The summed E-state index contributed by atoms with van der Waals surface area (Å²) in [6.07, 6.45) is 2.26. The minimum atomic E-state index is 0.0410. The van der Waals surface area contributed by atoms with E-state index in [1.165, 1.54) is 16.7 Å². The number of hydrogen-bond donors (Lipinski definition) is 1. The first-order valence-corrected chi connectivity index (χ1v) is 7.98. The summed E-state index contributed by atoms with van der Waals surface area (Å²) in [7, 11) is 0. The molecular formula is C20H27NO. The van der Waals surface area contributed by atoms with Crippen LogP contribution in [-0.2, 0) is 11.8 Å². The molecular weight excluding hydrogens is 270 g/mol. The Hall–Kier alpha value is -1.96. The zero-order valence-corrected chi connectivity index (χ0v) is 14.4. The van der Waals surface area contributed by atoms with Gasteiger partial charge in [-0.05, 0) is 60.2 Å². The highest BCUT2D eigenvalue weighted by Gasteiger charge is 2.21. The average Bonchev–Trinajstić information content (AvgIpc) is 2.43. The Kier molecular flexibility index (Phi) is 4.80. The molecule has 0 aromatic heterocycles. The van der Waals surface area contributed by atoms with Crippen molar-refractivity contribution >= 4 is 5.69 Å². The van der Waals surface area contributed by atoms with E-state index in [0.29, 0.717) is 0 Å². The van der Waals surface area contributed by atoms with Gasteiger partial charge < -0.3 is 10.5 Å². The fraction of sp³-hybridized carbons (Fsp3) is 0.400. The summed E-state index contributed by atoms with van der Waals surface area (Å²) in [5.41, 5.74) is 10.5. The summed E-state index contributed by atoms with van der Waals surface area (Å²) in [6.45, 7) is 11.1. The molecule has 118 valence electrons. The summed E-state index contributed by atoms with van der Waals surface area (Å²) in [4.78, 5) is 0. The van der Waals surface area contributed by atoms with E-state index in [-0.39, 0.29) is 5.41 Å². The van der Waals surface area contributed by atoms with Crippen LogP contribution in [0.5, 0.6) is 11.5 Å². The van der Waals surface area contributed by atoms with Crippen LogP contribution in [0.4, 0.5) is 5.69 Å². The standard InChI is InChI=1S/C20H27NO/c1-6-7-15-13-18(20(3,4)5)19(12-14(15)2)22-17-10-8-16(21)9-11-17/h8-13H,6-7,21H2,1-5H3. The Bertz CT molecular complexity index is 636. The zero-order chi connectivity index (χ0) is 16.3. The van der Waals surface area contributed by atoms with Gasteiger partial charge in [-0.25, -0.2) is 0 Å². The molecule has 0 bridgehead atoms. The minimum Gasteiger partial charge on any atom is -0.457 e. The van der Waals surface area contributed by atoms with Crippen LogP contribution in [-0.4, -0.2) is 0 Å². The van der Waals surface area contributed by atoms with Crippen LogP contribution in [0.1, 0.15) is 50.8 Å². The lowest BCUT2D eigenvalue weighted by Gasteiger charge is -2.25. The van der Waals surface area contributed by atoms with E-state index in [2.05, 4.69) is 46.8 Å². The molecule has 2 aromatic rings. The fourth-order valence-electron chi connectivity index (χ4n) is 2.60. The molecule has 0 aliphatic heterocycles. The maximum Gasteiger partial charge on any atom is 0.131 e. The Balaban J connectivity index is 2.44. The van der Waals surface area contributed by atoms with E-state index in [1.807, 2.05) is 24.3 Å². The fourth-order valence-corrected chi connectivity index (χ4v) is 2.60. The average molecular weight is 297 g/mol. The van der Waals surface area contributed by atoms with Gasteiger partial charge in [0.15, 0.2) is 0 Å². The van der Waals surface area contributed by atoms with E-state index >= 15 is 0 Å². The van der Waals surface area contributed by atoms with Gasteiger partial charge in [-0.1, -0.05) is 40.2 Å². The number of aryl methyl sites for hydroxylation is 2. The normalized spacial score (nSPS) is 11.5. The smallest absolute Gasteiger partial charge is 0.131 e. The van der Waals surface area contributed by atoms with Crippen LogP contribution >= 0.6 is 0 Å². The van der Waals surface area contributed by atoms with Crippen molar-refractivity contribution in [2.24, 2.45) is 0 Å². The number of benzene rings is 2. The molecule has 2 aromatic carbocycles. The lowest BCUT2D eigenvalue weighted by atomic mass is 9.84. The van der Waals surface area contributed by atoms with Crippen LogP contribution in [0, 0.1) is 6.92 Å². The van der Waals surface area contributed by atoms with E-state index in [0.717, 1.165) is 30.0 Å². The molecule has 0 saturated heterocycles. The minimum absolute atomic E-state index is 0.0410. The summed E-state index contributed by atoms with van der Waals surface area (Å²) in [5, 5.41) is 0. The second kappa shape index (κ2) is 6.43. The predicted octanol–water partition coefficient (Wildman–Crippen LogP) is 5.62. The third-order valence-corrected chi connectivity index (χ3v) is 3.87. The first-order chi connectivity index (χ1) is 10.3. The molecule has 2 N–H and O–H groups in total. The van der Waals surface area contributed by atoms with Crippen LogP contribution < -0.4 is 10.5 Å². The third-order valence-electron chi connectivity index (χ3n) is 3.87. The largest absolute Gasteiger partial charge is 0.457 e. The molecule has 0 unspecified atom stereocenters. The van der Waals surface area contributed by atoms with Gasteiger partial charge in [0.05, 0.1) is 0 Å². The highest BCUT2D eigenvalue weighted by Crippen LogP contribution is 2.36. The summed E-state index contributed by atoms with van der Waals surface area (Å²) in [6, 6.07) is 12.0. The predicted molar refractivity (Wildman–Crippen MR) is 94.8 cm³/mol. The second-order valence-corrected chi connectivity index (χ2v) is 6.95. The molecule has 22 heavy (non-hydrogen) atoms. The van der Waals surface area contributed by atoms with Crippen molar-refractivity contribution in [3.63, 3.8) is 0 Å². The molecule has 0 aliphatic carbocycles. The molecule has 0 spiro atoms. The molecule has 0 atom stereocenters. The first-order valence-electron chi connectivity index (χ1n) is 7.98. The van der Waals surface area contributed by atoms with Gasteiger partial charge in [0.25, 0.3) is 0 Å². The van der Waals surface area contributed by atoms with Gasteiger partial charge in [-0.2, -0.15) is 0 Å². The quantitative estimate of drug-likeness (QED) is 0.743. The number of nitrogens with two attached hydrogens (primary N) is 1. The van der Waals surface area contributed by atoms with Crippen molar-refractivity contribution in [3.8, 4) is 11.5 Å². The van der Waals surface area contributed by atoms with Gasteiger partial charge in [0, 0.05) is 11.3 Å². The lowest BCUT2D eigenvalue weighted by Crippen LogP contribution is -2.14. The van der Waals surface area contributed by atoms with Crippen molar-refractivity contribution in [1.29, 1.82) is 0 Å². The summed E-state index contributed by atoms with van der Waals surface area (Å²) in [5.74, 6) is 1.76. The highest BCUT2D eigenvalue weighted by molar-refractivity contribution is 5.49. The van der Waals surface area contributed by atoms with E-state index in [9.17, 15) is 0 Å². The van der Waals surface area contributed by atoms with Crippen LogP contribution in [0.2, 0.25) is 0 Å². The number of anilines is 1. The number of ether oxygens (including phenoxy) is 1. The molecule has 0 heterocycles. The van der Waals surface area contributed by atoms with Gasteiger partial charge in [0.2, 0.25) is 0 Å². The molecule has 2 nitrogen and oxygen atoms in total. The molecule has 0 amide bonds. The number of rotatable bonds is 4. The van der Waals surface area contributed by atoms with E-state index < -0.39 is 0 Å². The lowest BCUT2D eigenvalue weighted by molar-refractivity contribution is 0.454. The monoisotopic (exact) mass is 297 g/mol. The van der Waals surface area contributed by atoms with Gasteiger partial charge in [-0.15, -0.1) is 0 Å². The second-order valence-electron chi connectivity index (χ2n) is 6.95. The third kappa shape index (κ3) is 3.82. The Morgan fingerprint density at radius 3 is 2.23 bits per heavy atom. The maximum atomic E-state index is 6.15. The first kappa shape index (κ1) is 16.4. The Labute approximate surface area is 134 Å². The molecule has 2 heteroatoms. The van der Waals surface area contributed by atoms with Gasteiger partial charge in [0.1, 0.15) is 11.5 Å². The van der Waals surface area contributed by atoms with Gasteiger partial charge in [-0.3, -0.25) is 0 Å². The molecule has 0 aliphatic rings. The van der Waals surface area contributed by atoms with Crippen LogP contribution in [0.15, 0.2) is 36.4 Å². The van der Waals surface area contributed by atoms with Crippen molar-refractivity contribution < 1.29 is 4.74 Å². The molecule has 0 saturated carbocycles. The van der Waals surface area contributed by atoms with Crippen LogP contribution in [0.3, 0.4) is 0 Å². The summed E-state index contributed by atoms with van der Waals surface area (Å²) >= 11 is 0. The maximum absolute atomic E-state index is 6.15. The molecule has 0 radical (unpaired) electrons. The van der Waals surface area contributed by atoms with Crippen molar-refractivity contribution in [1.82, 2.24) is 0 Å². The van der Waals surface area contributed by atoms with Crippen molar-refractivity contribution in [3.05, 3.63) is 53.1 Å². The SMILES string of the molecule is CCCc1cc(C(C)(C)C)c(Oc2ccc(N)cc2)cc1C. The van der Waals surface area contributed by atoms with Crippen molar-refractivity contribution in [2.45, 2.75) is 52.9 Å². The van der Waals surface area contributed by atoms with Crippen LogP contribution in [0.25, 0.3) is 0 Å². The van der Waals surface area contributed by atoms with E-state index in [1.54, 1.807) is 0 Å². The Morgan fingerprint density at radius 2 is 1.68 bits per heavy atom. The topological polar surface area (TPSA) is 35.2 Å². The molecule has 2 rings (SSSR count).